The number of carbonyl (C=O) groups excluding carboxylic acids is 1. The van der Waals surface area contributed by atoms with Crippen molar-refractivity contribution in [3.05, 3.63) is 34.3 Å². The molecule has 1 aromatic carbocycles. The molecule has 24 heavy (non-hydrogen) atoms. The van der Waals surface area contributed by atoms with Crippen molar-refractivity contribution in [3.63, 3.8) is 0 Å². The van der Waals surface area contributed by atoms with Gasteiger partial charge in [-0.05, 0) is 43.4 Å². The maximum absolute atomic E-state index is 12.7. The Morgan fingerprint density at radius 2 is 1.58 bits per heavy atom. The first-order chi connectivity index (χ1) is 11.5. The van der Waals surface area contributed by atoms with Gasteiger partial charge in [0.25, 0.3) is 0 Å². The van der Waals surface area contributed by atoms with E-state index in [2.05, 4.69) is 45.5 Å². The molecule has 1 aromatic rings. The molecule has 132 valence electrons. The molecule has 5 nitrogen and oxygen atoms in total. The number of rotatable bonds is 4. The Balaban J connectivity index is 1.73. The van der Waals surface area contributed by atoms with E-state index >= 15 is 0 Å². The maximum Gasteiger partial charge on any atom is 0.240 e. The van der Waals surface area contributed by atoms with Crippen LogP contribution in [0, 0.1) is 0 Å². The van der Waals surface area contributed by atoms with Crippen LogP contribution in [0.1, 0.15) is 31.2 Å². The van der Waals surface area contributed by atoms with Gasteiger partial charge in [-0.15, -0.1) is 0 Å². The summed E-state index contributed by atoms with van der Waals surface area (Å²) in [4.78, 5) is 12.7. The van der Waals surface area contributed by atoms with Crippen molar-refractivity contribution >= 4 is 21.8 Å². The molecule has 0 unspecified atom stereocenters. The van der Waals surface area contributed by atoms with Crippen LogP contribution < -0.4 is 11.1 Å². The quantitative estimate of drug-likeness (QED) is 0.817. The third-order valence-corrected chi connectivity index (χ3v) is 5.86. The second-order valence-electron chi connectivity index (χ2n) is 6.85. The number of hydrogen-bond donors (Lipinski definition) is 2. The van der Waals surface area contributed by atoms with Gasteiger partial charge < -0.3 is 20.5 Å². The lowest BCUT2D eigenvalue weighted by Crippen LogP contribution is -2.59. The molecule has 2 saturated heterocycles. The molecular formula is C18H25BrN2O3. The molecule has 0 atom stereocenters. The molecule has 2 fully saturated rings. The van der Waals surface area contributed by atoms with Gasteiger partial charge in [-0.2, -0.15) is 0 Å². The first-order valence-electron chi connectivity index (χ1n) is 8.53. The number of amides is 1. The molecule has 3 N–H and O–H groups in total. The molecule has 1 amide bonds. The standard InChI is InChI=1S/C18H25BrN2O3/c19-15-3-1-14(2-4-15)17(5-9-23-10-6-17)13-21-16(22)18(20)7-11-24-12-8-18/h1-4H,5-13,20H2,(H,21,22). The number of nitrogens with one attached hydrogen (secondary N) is 1. The van der Waals surface area contributed by atoms with Crippen LogP contribution in [0.25, 0.3) is 0 Å². The van der Waals surface area contributed by atoms with Crippen molar-refractivity contribution in [3.8, 4) is 0 Å². The summed E-state index contributed by atoms with van der Waals surface area (Å²) in [5.74, 6) is -0.0613. The molecule has 0 aliphatic carbocycles. The van der Waals surface area contributed by atoms with E-state index in [0.717, 1.165) is 17.3 Å². The normalized spacial score (nSPS) is 22.8. The minimum Gasteiger partial charge on any atom is -0.381 e. The Hall–Kier alpha value is -0.950. The van der Waals surface area contributed by atoms with Crippen LogP contribution in [0.2, 0.25) is 0 Å². The highest BCUT2D eigenvalue weighted by atomic mass is 79.9. The lowest BCUT2D eigenvalue weighted by Gasteiger charge is -2.39. The zero-order valence-corrected chi connectivity index (χ0v) is 15.4. The number of ether oxygens (including phenoxy) is 2. The summed E-state index contributed by atoms with van der Waals surface area (Å²) in [7, 11) is 0. The lowest BCUT2D eigenvalue weighted by atomic mass is 9.74. The Kier molecular flexibility index (Phi) is 5.59. The third kappa shape index (κ3) is 3.82. The van der Waals surface area contributed by atoms with Crippen molar-refractivity contribution in [1.82, 2.24) is 5.32 Å². The number of halogens is 1. The third-order valence-electron chi connectivity index (χ3n) is 5.33. The topological polar surface area (TPSA) is 73.6 Å². The van der Waals surface area contributed by atoms with E-state index in [4.69, 9.17) is 15.2 Å². The van der Waals surface area contributed by atoms with Crippen molar-refractivity contribution < 1.29 is 14.3 Å². The Bertz CT molecular complexity index is 564. The monoisotopic (exact) mass is 396 g/mol. The minimum absolute atomic E-state index is 0.0613. The molecule has 6 heteroatoms. The average Bonchev–Trinajstić information content (AvgIpc) is 2.61. The van der Waals surface area contributed by atoms with Crippen LogP contribution in [0.3, 0.4) is 0 Å². The van der Waals surface area contributed by atoms with Crippen LogP contribution in [-0.2, 0) is 19.7 Å². The summed E-state index contributed by atoms with van der Waals surface area (Å²) < 4.78 is 11.9. The lowest BCUT2D eigenvalue weighted by molar-refractivity contribution is -0.130. The van der Waals surface area contributed by atoms with E-state index in [0.29, 0.717) is 45.8 Å². The predicted molar refractivity (Wildman–Crippen MR) is 95.9 cm³/mol. The van der Waals surface area contributed by atoms with E-state index in [9.17, 15) is 4.79 Å². The minimum atomic E-state index is -0.801. The van der Waals surface area contributed by atoms with E-state index < -0.39 is 5.54 Å². The van der Waals surface area contributed by atoms with Crippen LogP contribution in [-0.4, -0.2) is 44.4 Å². The highest BCUT2D eigenvalue weighted by Gasteiger charge is 2.39. The second kappa shape index (κ2) is 7.52. The van der Waals surface area contributed by atoms with Crippen LogP contribution in [0.5, 0.6) is 0 Å². The second-order valence-corrected chi connectivity index (χ2v) is 7.77. The predicted octanol–water partition coefficient (Wildman–Crippen LogP) is 2.12. The van der Waals surface area contributed by atoms with Gasteiger partial charge in [0.2, 0.25) is 5.91 Å². The van der Waals surface area contributed by atoms with E-state index in [-0.39, 0.29) is 11.3 Å². The molecule has 0 bridgehead atoms. The van der Waals surface area contributed by atoms with Gasteiger partial charge in [0.15, 0.2) is 0 Å². The number of carbonyl (C=O) groups is 1. The van der Waals surface area contributed by atoms with Gasteiger partial charge >= 0.3 is 0 Å². The van der Waals surface area contributed by atoms with Gasteiger partial charge in [-0.3, -0.25) is 4.79 Å². The van der Waals surface area contributed by atoms with Gasteiger partial charge in [0.05, 0.1) is 5.54 Å². The molecule has 0 spiro atoms. The summed E-state index contributed by atoms with van der Waals surface area (Å²) in [5, 5.41) is 3.13. The molecule has 2 aliphatic heterocycles. The Labute approximate surface area is 151 Å². The fourth-order valence-corrected chi connectivity index (χ4v) is 3.79. The maximum atomic E-state index is 12.7. The van der Waals surface area contributed by atoms with Crippen molar-refractivity contribution in [2.45, 2.75) is 36.6 Å². The highest BCUT2D eigenvalue weighted by molar-refractivity contribution is 9.10. The number of nitrogens with two attached hydrogens (primary N) is 1. The van der Waals surface area contributed by atoms with Crippen LogP contribution >= 0.6 is 15.9 Å². The first-order valence-corrected chi connectivity index (χ1v) is 9.32. The molecule has 0 saturated carbocycles. The summed E-state index contributed by atoms with van der Waals surface area (Å²) in [6, 6.07) is 8.37. The summed E-state index contributed by atoms with van der Waals surface area (Å²) in [5.41, 5.74) is 6.65. The first kappa shape index (κ1) is 17.9. The molecule has 2 aliphatic rings. The zero-order chi connectivity index (χ0) is 17.0. The SMILES string of the molecule is NC1(C(=O)NCC2(c3ccc(Br)cc3)CCOCC2)CCOCC1. The number of benzene rings is 1. The molecule has 0 radical (unpaired) electrons. The summed E-state index contributed by atoms with van der Waals surface area (Å²) >= 11 is 3.49. The molecule has 2 heterocycles. The van der Waals surface area contributed by atoms with Crippen LogP contribution in [0.4, 0.5) is 0 Å². The van der Waals surface area contributed by atoms with Gasteiger partial charge in [-0.1, -0.05) is 28.1 Å². The summed E-state index contributed by atoms with van der Waals surface area (Å²) in [6.07, 6.45) is 2.95. The highest BCUT2D eigenvalue weighted by Crippen LogP contribution is 2.35. The smallest absolute Gasteiger partial charge is 0.240 e. The largest absolute Gasteiger partial charge is 0.381 e. The molecule has 0 aromatic heterocycles. The van der Waals surface area contributed by atoms with Gasteiger partial charge in [0, 0.05) is 42.9 Å². The van der Waals surface area contributed by atoms with Gasteiger partial charge in [0.1, 0.15) is 0 Å². The summed E-state index contributed by atoms with van der Waals surface area (Å²) in [6.45, 7) is 3.13. The molecule has 3 rings (SSSR count). The average molecular weight is 397 g/mol. The van der Waals surface area contributed by atoms with Crippen LogP contribution in [0.15, 0.2) is 28.7 Å². The van der Waals surface area contributed by atoms with Crippen molar-refractivity contribution in [2.24, 2.45) is 5.73 Å². The Morgan fingerprint density at radius 1 is 1.04 bits per heavy atom. The van der Waals surface area contributed by atoms with Crippen molar-refractivity contribution in [2.75, 3.05) is 33.0 Å². The van der Waals surface area contributed by atoms with E-state index in [1.165, 1.54) is 5.56 Å². The molecular weight excluding hydrogens is 372 g/mol. The fourth-order valence-electron chi connectivity index (χ4n) is 3.52. The van der Waals surface area contributed by atoms with Gasteiger partial charge in [-0.25, -0.2) is 0 Å². The Morgan fingerprint density at radius 3 is 2.17 bits per heavy atom. The zero-order valence-electron chi connectivity index (χ0n) is 13.9. The van der Waals surface area contributed by atoms with Crippen molar-refractivity contribution in [1.29, 1.82) is 0 Å². The van der Waals surface area contributed by atoms with E-state index in [1.807, 2.05) is 0 Å². The fraction of sp³-hybridized carbons (Fsp3) is 0.611. The number of hydrogen-bond acceptors (Lipinski definition) is 4. The van der Waals surface area contributed by atoms with E-state index in [1.54, 1.807) is 0 Å².